The molecule has 0 radical (unpaired) electrons. The Morgan fingerprint density at radius 1 is 0.905 bits per heavy atom. The van der Waals surface area contributed by atoms with Gasteiger partial charge in [0.05, 0.1) is 0 Å². The average Bonchev–Trinajstić information content (AvgIpc) is 2.56. The zero-order valence-corrected chi connectivity index (χ0v) is 12.9. The van der Waals surface area contributed by atoms with Crippen LogP contribution < -0.4 is 5.73 Å². The average molecular weight is 304 g/mol. The molecule has 2 aromatic carbocycles. The number of hydrogen-bond donors (Lipinski definition) is 1. The van der Waals surface area contributed by atoms with Crippen molar-refractivity contribution in [2.24, 2.45) is 11.7 Å². The summed E-state index contributed by atoms with van der Waals surface area (Å²) in [4.78, 5) is 0. The molecule has 0 spiro atoms. The molecule has 1 saturated heterocycles. The summed E-state index contributed by atoms with van der Waals surface area (Å²) in [5, 5.41) is 0. The molecule has 0 amide bonds. The lowest BCUT2D eigenvalue weighted by molar-refractivity contribution is 0.0584. The predicted molar refractivity (Wildman–Crippen MR) is 89.6 cm³/mol. The highest BCUT2D eigenvalue weighted by atomic mass is 35.5. The van der Waals surface area contributed by atoms with Crippen LogP contribution in [0.5, 0.6) is 0 Å². The van der Waals surface area contributed by atoms with Gasteiger partial charge >= 0.3 is 0 Å². The zero-order chi connectivity index (χ0) is 13.8. The van der Waals surface area contributed by atoms with E-state index in [-0.39, 0.29) is 18.4 Å². The fourth-order valence-corrected chi connectivity index (χ4v) is 2.90. The van der Waals surface area contributed by atoms with Crippen molar-refractivity contribution in [1.29, 1.82) is 0 Å². The standard InChI is InChI=1S/C18H21NO.ClH/c19-18(15-9-11-20-12-10-15)17-8-4-7-16(13-17)14-5-2-1-3-6-14;/h1-8,13,15,18H,9-12,19H2;1H/t18-;/m1./s1. The summed E-state index contributed by atoms with van der Waals surface area (Å²) in [6.07, 6.45) is 2.13. The lowest BCUT2D eigenvalue weighted by atomic mass is 9.87. The van der Waals surface area contributed by atoms with Crippen molar-refractivity contribution >= 4 is 12.4 Å². The van der Waals surface area contributed by atoms with Crippen LogP contribution in [-0.4, -0.2) is 13.2 Å². The third-order valence-electron chi connectivity index (χ3n) is 4.15. The molecule has 112 valence electrons. The number of benzene rings is 2. The van der Waals surface area contributed by atoms with Gasteiger partial charge < -0.3 is 10.5 Å². The molecular weight excluding hydrogens is 282 g/mol. The zero-order valence-electron chi connectivity index (χ0n) is 12.1. The molecule has 3 heteroatoms. The van der Waals surface area contributed by atoms with Crippen molar-refractivity contribution in [2.75, 3.05) is 13.2 Å². The molecule has 2 nitrogen and oxygen atoms in total. The molecule has 0 unspecified atom stereocenters. The Morgan fingerprint density at radius 3 is 2.29 bits per heavy atom. The summed E-state index contributed by atoms with van der Waals surface area (Å²) in [5.74, 6) is 0.537. The van der Waals surface area contributed by atoms with Gasteiger partial charge in [0.2, 0.25) is 0 Å². The monoisotopic (exact) mass is 303 g/mol. The maximum Gasteiger partial charge on any atom is 0.0469 e. The smallest absolute Gasteiger partial charge is 0.0469 e. The molecule has 1 heterocycles. The molecule has 1 aliphatic rings. The fourth-order valence-electron chi connectivity index (χ4n) is 2.90. The minimum absolute atomic E-state index is 0. The van der Waals surface area contributed by atoms with Crippen LogP contribution in [0.15, 0.2) is 54.6 Å². The first-order valence-corrected chi connectivity index (χ1v) is 7.33. The van der Waals surface area contributed by atoms with Gasteiger partial charge in [0.25, 0.3) is 0 Å². The topological polar surface area (TPSA) is 35.2 Å². The van der Waals surface area contributed by atoms with E-state index in [1.807, 2.05) is 6.07 Å². The molecule has 0 aromatic heterocycles. The molecular formula is C18H22ClNO. The number of ether oxygens (including phenoxy) is 1. The summed E-state index contributed by atoms with van der Waals surface area (Å²) in [6, 6.07) is 19.2. The number of rotatable bonds is 3. The maximum absolute atomic E-state index is 6.46. The van der Waals surface area contributed by atoms with Gasteiger partial charge in [-0.25, -0.2) is 0 Å². The molecule has 1 fully saturated rings. The normalized spacial score (nSPS) is 17.0. The first kappa shape index (κ1) is 16.0. The van der Waals surface area contributed by atoms with Crippen LogP contribution >= 0.6 is 12.4 Å². The molecule has 21 heavy (non-hydrogen) atoms. The van der Waals surface area contributed by atoms with Crippen LogP contribution in [0.4, 0.5) is 0 Å². The summed E-state index contributed by atoms with van der Waals surface area (Å²) < 4.78 is 5.42. The Hall–Kier alpha value is -1.35. The second-order valence-electron chi connectivity index (χ2n) is 5.47. The first-order chi connectivity index (χ1) is 9.84. The highest BCUT2D eigenvalue weighted by Crippen LogP contribution is 2.30. The number of halogens is 1. The lowest BCUT2D eigenvalue weighted by Crippen LogP contribution is -2.27. The Bertz CT molecular complexity index is 552. The molecule has 1 aliphatic heterocycles. The third kappa shape index (κ3) is 3.85. The van der Waals surface area contributed by atoms with Crippen molar-refractivity contribution in [3.05, 3.63) is 60.2 Å². The quantitative estimate of drug-likeness (QED) is 0.922. The maximum atomic E-state index is 6.46. The Morgan fingerprint density at radius 2 is 1.57 bits per heavy atom. The van der Waals surface area contributed by atoms with Gasteiger partial charge in [-0.05, 0) is 41.5 Å². The summed E-state index contributed by atoms with van der Waals surface area (Å²) in [7, 11) is 0. The van der Waals surface area contributed by atoms with Crippen molar-refractivity contribution in [3.63, 3.8) is 0 Å². The second kappa shape index (κ2) is 7.60. The highest BCUT2D eigenvalue weighted by molar-refractivity contribution is 5.85. The van der Waals surface area contributed by atoms with Crippen molar-refractivity contribution in [3.8, 4) is 11.1 Å². The van der Waals surface area contributed by atoms with Crippen molar-refractivity contribution in [1.82, 2.24) is 0 Å². The van der Waals surface area contributed by atoms with Gasteiger partial charge in [-0.2, -0.15) is 0 Å². The van der Waals surface area contributed by atoms with Crippen LogP contribution in [0.3, 0.4) is 0 Å². The van der Waals surface area contributed by atoms with Gasteiger partial charge in [-0.15, -0.1) is 12.4 Å². The fraction of sp³-hybridized carbons (Fsp3) is 0.333. The lowest BCUT2D eigenvalue weighted by Gasteiger charge is -2.28. The van der Waals surface area contributed by atoms with E-state index in [0.717, 1.165) is 26.1 Å². The molecule has 2 aromatic rings. The molecule has 1 atom stereocenters. The van der Waals surface area contributed by atoms with E-state index in [0.29, 0.717) is 5.92 Å². The van der Waals surface area contributed by atoms with Crippen LogP contribution in [-0.2, 0) is 4.74 Å². The molecule has 0 aliphatic carbocycles. The first-order valence-electron chi connectivity index (χ1n) is 7.33. The molecule has 0 saturated carbocycles. The second-order valence-corrected chi connectivity index (χ2v) is 5.47. The molecule has 3 rings (SSSR count). The summed E-state index contributed by atoms with van der Waals surface area (Å²) in [5.41, 5.74) is 10.2. The van der Waals surface area contributed by atoms with Gasteiger partial charge in [0, 0.05) is 19.3 Å². The van der Waals surface area contributed by atoms with E-state index in [4.69, 9.17) is 10.5 Å². The number of hydrogen-bond acceptors (Lipinski definition) is 2. The minimum Gasteiger partial charge on any atom is -0.381 e. The summed E-state index contributed by atoms with van der Waals surface area (Å²) in [6.45, 7) is 1.69. The van der Waals surface area contributed by atoms with Gasteiger partial charge in [0.15, 0.2) is 0 Å². The van der Waals surface area contributed by atoms with E-state index < -0.39 is 0 Å². The van der Waals surface area contributed by atoms with Crippen LogP contribution in [0, 0.1) is 5.92 Å². The van der Waals surface area contributed by atoms with Crippen LogP contribution in [0.25, 0.3) is 11.1 Å². The van der Waals surface area contributed by atoms with Crippen molar-refractivity contribution in [2.45, 2.75) is 18.9 Å². The highest BCUT2D eigenvalue weighted by Gasteiger charge is 2.22. The van der Waals surface area contributed by atoms with Crippen LogP contribution in [0.2, 0.25) is 0 Å². The Kier molecular flexibility index (Phi) is 5.80. The Balaban J connectivity index is 0.00000161. The van der Waals surface area contributed by atoms with Crippen molar-refractivity contribution < 1.29 is 4.74 Å². The molecule has 2 N–H and O–H groups in total. The predicted octanol–water partition coefficient (Wildman–Crippen LogP) is 4.20. The Labute approximate surface area is 132 Å². The SMILES string of the molecule is Cl.N[C@@H](c1cccc(-c2ccccc2)c1)C1CCOCC1. The van der Waals surface area contributed by atoms with Gasteiger partial charge in [0.1, 0.15) is 0 Å². The van der Waals surface area contributed by atoms with Crippen LogP contribution in [0.1, 0.15) is 24.4 Å². The van der Waals surface area contributed by atoms with Gasteiger partial charge in [-0.1, -0.05) is 48.5 Å². The van der Waals surface area contributed by atoms with E-state index in [1.165, 1.54) is 16.7 Å². The number of nitrogens with two attached hydrogens (primary N) is 1. The summed E-state index contributed by atoms with van der Waals surface area (Å²) >= 11 is 0. The van der Waals surface area contributed by atoms with E-state index in [1.54, 1.807) is 0 Å². The minimum atomic E-state index is 0. The van der Waals surface area contributed by atoms with Gasteiger partial charge in [-0.3, -0.25) is 0 Å². The third-order valence-corrected chi connectivity index (χ3v) is 4.15. The molecule has 0 bridgehead atoms. The van der Waals surface area contributed by atoms with E-state index in [2.05, 4.69) is 48.5 Å². The van der Waals surface area contributed by atoms with E-state index >= 15 is 0 Å². The van der Waals surface area contributed by atoms with E-state index in [9.17, 15) is 0 Å². The largest absolute Gasteiger partial charge is 0.381 e.